The lowest BCUT2D eigenvalue weighted by molar-refractivity contribution is 0.139. The second-order valence-electron chi connectivity index (χ2n) is 8.76. The standard InChI is InChI=1S/C21H39N5O/c1-16-10-17(2)14-25(13-16)9-7-6-8-22-21(27)23-12-18(3)15-26-20(5)11-19(4)24-26/h11,16-18H,6-10,12-15H2,1-5H3,(H2,22,23,27). The van der Waals surface area contributed by atoms with Gasteiger partial charge in [-0.05, 0) is 63.5 Å². The number of amides is 2. The summed E-state index contributed by atoms with van der Waals surface area (Å²) < 4.78 is 2.02. The van der Waals surface area contributed by atoms with Gasteiger partial charge in [-0.1, -0.05) is 20.8 Å². The summed E-state index contributed by atoms with van der Waals surface area (Å²) in [5.41, 5.74) is 2.21. The van der Waals surface area contributed by atoms with Crippen LogP contribution in [-0.2, 0) is 6.54 Å². The Hall–Kier alpha value is -1.56. The van der Waals surface area contributed by atoms with Gasteiger partial charge < -0.3 is 15.5 Å². The molecule has 1 aromatic heterocycles. The minimum absolute atomic E-state index is 0.0598. The fourth-order valence-corrected chi connectivity index (χ4v) is 4.19. The molecule has 0 radical (unpaired) electrons. The number of hydrogen-bond donors (Lipinski definition) is 2. The molecule has 2 amide bonds. The highest BCUT2D eigenvalue weighted by molar-refractivity contribution is 5.73. The van der Waals surface area contributed by atoms with E-state index < -0.39 is 0 Å². The second kappa shape index (κ2) is 10.7. The number of carbonyl (C=O) groups excluding carboxylic acids is 1. The fraction of sp³-hybridized carbons (Fsp3) is 0.810. The zero-order valence-electron chi connectivity index (χ0n) is 17.9. The number of carbonyl (C=O) groups is 1. The molecule has 1 aliphatic heterocycles. The van der Waals surface area contributed by atoms with Gasteiger partial charge in [0, 0.05) is 38.4 Å². The zero-order chi connectivity index (χ0) is 19.8. The number of likely N-dealkylation sites (tertiary alicyclic amines) is 1. The van der Waals surface area contributed by atoms with Gasteiger partial charge in [-0.15, -0.1) is 0 Å². The van der Waals surface area contributed by atoms with Crippen LogP contribution in [0.15, 0.2) is 6.07 Å². The number of nitrogens with zero attached hydrogens (tertiary/aromatic N) is 3. The van der Waals surface area contributed by atoms with E-state index >= 15 is 0 Å². The van der Waals surface area contributed by atoms with E-state index in [1.165, 1.54) is 25.2 Å². The van der Waals surface area contributed by atoms with Crippen molar-refractivity contribution in [1.82, 2.24) is 25.3 Å². The van der Waals surface area contributed by atoms with E-state index in [9.17, 15) is 4.79 Å². The van der Waals surface area contributed by atoms with Crippen LogP contribution in [-0.4, -0.2) is 53.4 Å². The number of unbranched alkanes of at least 4 members (excludes halogenated alkanes) is 1. The van der Waals surface area contributed by atoms with Crippen LogP contribution in [0.2, 0.25) is 0 Å². The second-order valence-corrected chi connectivity index (χ2v) is 8.76. The normalized spacial score (nSPS) is 21.8. The first-order chi connectivity index (χ1) is 12.8. The lowest BCUT2D eigenvalue weighted by Gasteiger charge is -2.34. The molecular formula is C21H39N5O. The lowest BCUT2D eigenvalue weighted by Crippen LogP contribution is -2.40. The van der Waals surface area contributed by atoms with Crippen molar-refractivity contribution < 1.29 is 4.79 Å². The van der Waals surface area contributed by atoms with Crippen molar-refractivity contribution >= 4 is 6.03 Å². The van der Waals surface area contributed by atoms with Gasteiger partial charge >= 0.3 is 6.03 Å². The monoisotopic (exact) mass is 377 g/mol. The number of piperidine rings is 1. The lowest BCUT2D eigenvalue weighted by atomic mass is 9.92. The third-order valence-electron chi connectivity index (χ3n) is 5.33. The number of hydrogen-bond acceptors (Lipinski definition) is 3. The van der Waals surface area contributed by atoms with Crippen molar-refractivity contribution in [3.63, 3.8) is 0 Å². The van der Waals surface area contributed by atoms with Crippen LogP contribution in [0.4, 0.5) is 4.79 Å². The van der Waals surface area contributed by atoms with Crippen molar-refractivity contribution in [2.45, 2.75) is 60.4 Å². The minimum Gasteiger partial charge on any atom is -0.338 e. The van der Waals surface area contributed by atoms with Crippen LogP contribution < -0.4 is 10.6 Å². The Balaban J connectivity index is 1.52. The van der Waals surface area contributed by atoms with E-state index in [4.69, 9.17) is 0 Å². The van der Waals surface area contributed by atoms with Gasteiger partial charge in [0.1, 0.15) is 0 Å². The molecule has 6 heteroatoms. The number of rotatable bonds is 9. The van der Waals surface area contributed by atoms with E-state index in [0.29, 0.717) is 12.5 Å². The third-order valence-corrected chi connectivity index (χ3v) is 5.33. The largest absolute Gasteiger partial charge is 0.338 e. The van der Waals surface area contributed by atoms with Crippen LogP contribution in [0, 0.1) is 31.6 Å². The Kier molecular flexibility index (Phi) is 8.61. The van der Waals surface area contributed by atoms with Crippen molar-refractivity contribution in [1.29, 1.82) is 0 Å². The maximum Gasteiger partial charge on any atom is 0.314 e. The molecule has 0 aromatic carbocycles. The van der Waals surface area contributed by atoms with Crippen LogP contribution in [0.3, 0.4) is 0 Å². The molecular weight excluding hydrogens is 338 g/mol. The van der Waals surface area contributed by atoms with Gasteiger partial charge in [0.2, 0.25) is 0 Å². The van der Waals surface area contributed by atoms with Gasteiger partial charge in [0.05, 0.1) is 5.69 Å². The van der Waals surface area contributed by atoms with Crippen LogP contribution in [0.5, 0.6) is 0 Å². The highest BCUT2D eigenvalue weighted by Gasteiger charge is 2.20. The van der Waals surface area contributed by atoms with Gasteiger partial charge in [-0.3, -0.25) is 4.68 Å². The molecule has 0 saturated carbocycles. The Bertz CT molecular complexity index is 575. The molecule has 0 spiro atoms. The van der Waals surface area contributed by atoms with Gasteiger partial charge in [0.15, 0.2) is 0 Å². The third kappa shape index (κ3) is 7.91. The first-order valence-electron chi connectivity index (χ1n) is 10.6. The zero-order valence-corrected chi connectivity index (χ0v) is 17.9. The topological polar surface area (TPSA) is 62.2 Å². The van der Waals surface area contributed by atoms with Crippen molar-refractivity contribution in [3.8, 4) is 0 Å². The van der Waals surface area contributed by atoms with E-state index in [-0.39, 0.29) is 6.03 Å². The molecule has 0 aliphatic carbocycles. The highest BCUT2D eigenvalue weighted by atomic mass is 16.2. The predicted octanol–water partition coefficient (Wildman–Crippen LogP) is 3.19. The molecule has 3 unspecified atom stereocenters. The summed E-state index contributed by atoms with van der Waals surface area (Å²) in [6.07, 6.45) is 3.54. The van der Waals surface area contributed by atoms with Gasteiger partial charge in [0.25, 0.3) is 0 Å². The maximum atomic E-state index is 12.0. The van der Waals surface area contributed by atoms with Gasteiger partial charge in [-0.25, -0.2) is 4.79 Å². The van der Waals surface area contributed by atoms with Gasteiger partial charge in [-0.2, -0.15) is 5.10 Å². The molecule has 6 nitrogen and oxygen atoms in total. The number of urea groups is 1. The molecule has 2 N–H and O–H groups in total. The molecule has 1 saturated heterocycles. The smallest absolute Gasteiger partial charge is 0.314 e. The number of aromatic nitrogens is 2. The maximum absolute atomic E-state index is 12.0. The Morgan fingerprint density at radius 2 is 1.93 bits per heavy atom. The SMILES string of the molecule is Cc1cc(C)n(CC(C)CNC(=O)NCCCCN2CC(C)CC(C)C2)n1. The van der Waals surface area contributed by atoms with E-state index in [2.05, 4.69) is 54.4 Å². The van der Waals surface area contributed by atoms with Crippen molar-refractivity contribution in [2.24, 2.45) is 17.8 Å². The summed E-state index contributed by atoms with van der Waals surface area (Å²) in [5, 5.41) is 10.4. The summed E-state index contributed by atoms with van der Waals surface area (Å²) in [6, 6.07) is 2.02. The Morgan fingerprint density at radius 3 is 2.56 bits per heavy atom. The van der Waals surface area contributed by atoms with Crippen molar-refractivity contribution in [2.75, 3.05) is 32.7 Å². The summed E-state index contributed by atoms with van der Waals surface area (Å²) in [6.45, 7) is 16.8. The minimum atomic E-state index is -0.0598. The van der Waals surface area contributed by atoms with Crippen molar-refractivity contribution in [3.05, 3.63) is 17.5 Å². The van der Waals surface area contributed by atoms with Crippen LogP contribution in [0.25, 0.3) is 0 Å². The molecule has 2 heterocycles. The molecule has 154 valence electrons. The van der Waals surface area contributed by atoms with E-state index in [1.807, 2.05) is 11.6 Å². The summed E-state index contributed by atoms with van der Waals surface area (Å²) in [7, 11) is 0. The Labute approximate surface area is 165 Å². The summed E-state index contributed by atoms with van der Waals surface area (Å²) in [4.78, 5) is 14.5. The first-order valence-corrected chi connectivity index (χ1v) is 10.6. The highest BCUT2D eigenvalue weighted by Crippen LogP contribution is 2.20. The van der Waals surface area contributed by atoms with Crippen LogP contribution >= 0.6 is 0 Å². The molecule has 27 heavy (non-hydrogen) atoms. The first kappa shape index (κ1) is 21.7. The molecule has 1 aliphatic rings. The molecule has 1 fully saturated rings. The summed E-state index contributed by atoms with van der Waals surface area (Å²) in [5.74, 6) is 1.97. The number of nitrogens with one attached hydrogen (secondary N) is 2. The molecule has 2 rings (SSSR count). The average molecular weight is 378 g/mol. The quantitative estimate of drug-likeness (QED) is 0.650. The molecule has 3 atom stereocenters. The van der Waals surface area contributed by atoms with E-state index in [0.717, 1.165) is 50.0 Å². The number of aryl methyl sites for hydroxylation is 2. The molecule has 0 bridgehead atoms. The van der Waals surface area contributed by atoms with E-state index in [1.54, 1.807) is 0 Å². The fourth-order valence-electron chi connectivity index (χ4n) is 4.19. The summed E-state index contributed by atoms with van der Waals surface area (Å²) >= 11 is 0. The molecule has 1 aromatic rings. The Morgan fingerprint density at radius 1 is 1.22 bits per heavy atom. The van der Waals surface area contributed by atoms with Crippen LogP contribution in [0.1, 0.15) is 51.4 Å². The predicted molar refractivity (Wildman–Crippen MR) is 111 cm³/mol. The average Bonchev–Trinajstić information content (AvgIpc) is 2.89.